The van der Waals surface area contributed by atoms with Crippen molar-refractivity contribution in [3.8, 4) is 0 Å². The van der Waals surface area contributed by atoms with Crippen LogP contribution in [-0.4, -0.2) is 35.6 Å². The van der Waals surface area contributed by atoms with E-state index in [0.29, 0.717) is 11.6 Å². The standard InChI is InChI=1S/C22H24N2O5/c1-15(2)17-8-10-18(11-9-17)23-20(25)12-19-21(26)29-14-24(19)22(27)28-13-16-6-4-3-5-7-16/h3-11,15,19H,12-14H2,1-2H3,(H,23,25)/t19-/m0/s1. The van der Waals surface area contributed by atoms with Gasteiger partial charge in [-0.3, -0.25) is 9.69 Å². The van der Waals surface area contributed by atoms with E-state index in [0.717, 1.165) is 16.0 Å². The number of anilines is 1. The molecule has 29 heavy (non-hydrogen) atoms. The number of esters is 1. The molecule has 1 atom stereocenters. The van der Waals surface area contributed by atoms with Crippen molar-refractivity contribution in [3.63, 3.8) is 0 Å². The molecule has 3 rings (SSSR count). The first-order chi connectivity index (χ1) is 13.9. The molecule has 7 nitrogen and oxygen atoms in total. The second-order valence-electron chi connectivity index (χ2n) is 7.15. The van der Waals surface area contributed by atoms with Crippen LogP contribution >= 0.6 is 0 Å². The van der Waals surface area contributed by atoms with Gasteiger partial charge in [-0.1, -0.05) is 56.3 Å². The lowest BCUT2D eigenvalue weighted by molar-refractivity contribution is -0.140. The first kappa shape index (κ1) is 20.4. The molecule has 0 saturated carbocycles. The predicted molar refractivity (Wildman–Crippen MR) is 107 cm³/mol. The number of amides is 2. The Bertz CT molecular complexity index is 865. The van der Waals surface area contributed by atoms with Crippen molar-refractivity contribution >= 4 is 23.7 Å². The Morgan fingerprint density at radius 3 is 2.48 bits per heavy atom. The lowest BCUT2D eigenvalue weighted by Gasteiger charge is -2.19. The average molecular weight is 396 g/mol. The molecular weight excluding hydrogens is 372 g/mol. The van der Waals surface area contributed by atoms with Crippen molar-refractivity contribution in [1.29, 1.82) is 0 Å². The first-order valence-corrected chi connectivity index (χ1v) is 9.48. The van der Waals surface area contributed by atoms with Gasteiger partial charge in [0.15, 0.2) is 6.73 Å². The van der Waals surface area contributed by atoms with Crippen LogP contribution < -0.4 is 5.32 Å². The van der Waals surface area contributed by atoms with Gasteiger partial charge in [-0.05, 0) is 29.2 Å². The lowest BCUT2D eigenvalue weighted by atomic mass is 10.0. The summed E-state index contributed by atoms with van der Waals surface area (Å²) in [4.78, 5) is 37.9. The van der Waals surface area contributed by atoms with E-state index in [4.69, 9.17) is 9.47 Å². The Balaban J connectivity index is 1.56. The van der Waals surface area contributed by atoms with Gasteiger partial charge < -0.3 is 14.8 Å². The molecule has 1 saturated heterocycles. The third-order valence-electron chi connectivity index (χ3n) is 4.67. The van der Waals surface area contributed by atoms with Gasteiger partial charge in [-0.25, -0.2) is 9.59 Å². The van der Waals surface area contributed by atoms with Crippen LogP contribution in [-0.2, 0) is 25.7 Å². The van der Waals surface area contributed by atoms with E-state index in [1.54, 1.807) is 0 Å². The minimum Gasteiger partial charge on any atom is -0.444 e. The Labute approximate surface area is 169 Å². The summed E-state index contributed by atoms with van der Waals surface area (Å²) in [6.07, 6.45) is -0.899. The van der Waals surface area contributed by atoms with Crippen LogP contribution in [0.15, 0.2) is 54.6 Å². The molecule has 0 radical (unpaired) electrons. The summed E-state index contributed by atoms with van der Waals surface area (Å²) in [6.45, 7) is 4.02. The maximum Gasteiger partial charge on any atom is 0.413 e. The molecular formula is C22H24N2O5. The van der Waals surface area contributed by atoms with Crippen molar-refractivity contribution < 1.29 is 23.9 Å². The number of cyclic esters (lactones) is 1. The number of carbonyl (C=O) groups excluding carboxylic acids is 3. The van der Waals surface area contributed by atoms with E-state index in [1.807, 2.05) is 54.6 Å². The highest BCUT2D eigenvalue weighted by Crippen LogP contribution is 2.20. The van der Waals surface area contributed by atoms with E-state index in [9.17, 15) is 14.4 Å². The Morgan fingerprint density at radius 1 is 1.14 bits per heavy atom. The third-order valence-corrected chi connectivity index (χ3v) is 4.67. The van der Waals surface area contributed by atoms with Crippen LogP contribution in [0.3, 0.4) is 0 Å². The Hall–Kier alpha value is -3.35. The summed E-state index contributed by atoms with van der Waals surface area (Å²) >= 11 is 0. The van der Waals surface area contributed by atoms with Crippen LogP contribution in [0.2, 0.25) is 0 Å². The second-order valence-corrected chi connectivity index (χ2v) is 7.15. The fourth-order valence-electron chi connectivity index (χ4n) is 2.96. The lowest BCUT2D eigenvalue weighted by Crippen LogP contribution is -2.40. The fraction of sp³-hybridized carbons (Fsp3) is 0.318. The molecule has 1 fully saturated rings. The van der Waals surface area contributed by atoms with Crippen molar-refractivity contribution in [2.45, 2.75) is 38.8 Å². The highest BCUT2D eigenvalue weighted by molar-refractivity contribution is 5.96. The number of carbonyl (C=O) groups is 3. The minimum atomic E-state index is -1.01. The predicted octanol–water partition coefficient (Wildman–Crippen LogP) is 3.66. The summed E-state index contributed by atoms with van der Waals surface area (Å²) in [6, 6.07) is 15.7. The molecule has 0 bridgehead atoms. The zero-order chi connectivity index (χ0) is 20.8. The number of benzene rings is 2. The number of nitrogens with zero attached hydrogens (tertiary/aromatic N) is 1. The second kappa shape index (κ2) is 9.23. The van der Waals surface area contributed by atoms with Crippen LogP contribution in [0.25, 0.3) is 0 Å². The van der Waals surface area contributed by atoms with Crippen LogP contribution in [0.1, 0.15) is 37.3 Å². The SMILES string of the molecule is CC(C)c1ccc(NC(=O)C[C@H]2C(=O)OCN2C(=O)OCc2ccccc2)cc1. The maximum atomic E-state index is 12.4. The highest BCUT2D eigenvalue weighted by atomic mass is 16.6. The molecule has 0 aromatic heterocycles. The summed E-state index contributed by atoms with van der Waals surface area (Å²) in [7, 11) is 0. The van der Waals surface area contributed by atoms with Gasteiger partial charge >= 0.3 is 12.1 Å². The Kier molecular flexibility index (Phi) is 6.49. The zero-order valence-corrected chi connectivity index (χ0v) is 16.5. The van der Waals surface area contributed by atoms with Gasteiger partial charge in [0.05, 0.1) is 6.42 Å². The summed E-state index contributed by atoms with van der Waals surface area (Å²) in [5, 5.41) is 2.75. The number of hydrogen-bond donors (Lipinski definition) is 1. The Morgan fingerprint density at radius 2 is 1.83 bits per heavy atom. The monoisotopic (exact) mass is 396 g/mol. The van der Waals surface area contributed by atoms with Gasteiger partial charge in [0, 0.05) is 5.69 Å². The number of nitrogens with one attached hydrogen (secondary N) is 1. The number of ether oxygens (including phenoxy) is 2. The molecule has 1 aliphatic rings. The molecule has 0 aliphatic carbocycles. The van der Waals surface area contributed by atoms with Gasteiger partial charge in [-0.15, -0.1) is 0 Å². The van der Waals surface area contributed by atoms with E-state index in [-0.39, 0.29) is 25.7 Å². The molecule has 152 valence electrons. The molecule has 2 aromatic rings. The van der Waals surface area contributed by atoms with Gasteiger partial charge in [-0.2, -0.15) is 0 Å². The number of rotatable bonds is 6. The molecule has 1 heterocycles. The quantitative estimate of drug-likeness (QED) is 0.753. The van der Waals surface area contributed by atoms with Gasteiger partial charge in [0.1, 0.15) is 12.6 Å². The smallest absolute Gasteiger partial charge is 0.413 e. The van der Waals surface area contributed by atoms with E-state index < -0.39 is 18.1 Å². The van der Waals surface area contributed by atoms with Crippen molar-refractivity contribution in [2.75, 3.05) is 12.0 Å². The van der Waals surface area contributed by atoms with Crippen LogP contribution in [0, 0.1) is 0 Å². The largest absolute Gasteiger partial charge is 0.444 e. The molecule has 7 heteroatoms. The normalized spacial score (nSPS) is 15.9. The van der Waals surface area contributed by atoms with E-state index in [2.05, 4.69) is 19.2 Å². The molecule has 1 N–H and O–H groups in total. The van der Waals surface area contributed by atoms with Crippen LogP contribution in [0.5, 0.6) is 0 Å². The topological polar surface area (TPSA) is 84.9 Å². The molecule has 0 spiro atoms. The summed E-state index contributed by atoms with van der Waals surface area (Å²) in [5.74, 6) is -0.609. The third kappa shape index (κ3) is 5.34. The highest BCUT2D eigenvalue weighted by Gasteiger charge is 2.40. The van der Waals surface area contributed by atoms with Gasteiger partial charge in [0.2, 0.25) is 5.91 Å². The van der Waals surface area contributed by atoms with Crippen LogP contribution in [0.4, 0.5) is 10.5 Å². The molecule has 2 amide bonds. The zero-order valence-electron chi connectivity index (χ0n) is 16.5. The summed E-state index contributed by atoms with van der Waals surface area (Å²) < 4.78 is 10.2. The van der Waals surface area contributed by atoms with E-state index >= 15 is 0 Å². The van der Waals surface area contributed by atoms with Gasteiger partial charge in [0.25, 0.3) is 0 Å². The first-order valence-electron chi connectivity index (χ1n) is 9.48. The molecule has 1 aliphatic heterocycles. The fourth-order valence-corrected chi connectivity index (χ4v) is 2.96. The van der Waals surface area contributed by atoms with Crippen molar-refractivity contribution in [3.05, 3.63) is 65.7 Å². The average Bonchev–Trinajstić information content (AvgIpc) is 3.07. The summed E-state index contributed by atoms with van der Waals surface area (Å²) in [5.41, 5.74) is 2.62. The van der Waals surface area contributed by atoms with E-state index in [1.165, 1.54) is 0 Å². The molecule has 2 aromatic carbocycles. The maximum absolute atomic E-state index is 12.4. The minimum absolute atomic E-state index is 0.0749. The molecule has 0 unspecified atom stereocenters. The number of hydrogen-bond acceptors (Lipinski definition) is 5. The van der Waals surface area contributed by atoms with Crippen molar-refractivity contribution in [1.82, 2.24) is 4.90 Å². The van der Waals surface area contributed by atoms with Crippen molar-refractivity contribution in [2.24, 2.45) is 0 Å².